The van der Waals surface area contributed by atoms with Crippen LogP contribution in [0.1, 0.15) is 12.5 Å². The number of nitrogens with zero attached hydrogens (tertiary/aromatic N) is 1. The van der Waals surface area contributed by atoms with Gasteiger partial charge in [0.2, 0.25) is 5.88 Å². The Morgan fingerprint density at radius 2 is 2.12 bits per heavy atom. The minimum absolute atomic E-state index is 0.329. The van der Waals surface area contributed by atoms with E-state index in [0.29, 0.717) is 10.9 Å². The molecule has 2 rings (SSSR count). The number of benzene rings is 1. The highest BCUT2D eigenvalue weighted by molar-refractivity contribution is 6.35. The van der Waals surface area contributed by atoms with Crippen molar-refractivity contribution in [1.82, 2.24) is 4.57 Å². The zero-order valence-corrected chi connectivity index (χ0v) is 10.1. The Morgan fingerprint density at radius 3 is 2.69 bits per heavy atom. The van der Waals surface area contributed by atoms with Gasteiger partial charge in [0.15, 0.2) is 0 Å². The van der Waals surface area contributed by atoms with E-state index < -0.39 is 0 Å². The molecule has 0 atom stereocenters. The second-order valence-corrected chi connectivity index (χ2v) is 4.13. The Hall–Kier alpha value is -1.48. The van der Waals surface area contributed by atoms with Gasteiger partial charge in [0.05, 0.1) is 10.5 Å². The van der Waals surface area contributed by atoms with Gasteiger partial charge in [-0.1, -0.05) is 23.7 Å². The van der Waals surface area contributed by atoms with E-state index in [4.69, 9.17) is 16.3 Å². The summed E-state index contributed by atoms with van der Waals surface area (Å²) >= 11 is 6.12. The first kappa shape index (κ1) is 11.0. The van der Waals surface area contributed by atoms with Gasteiger partial charge in [-0.15, -0.1) is 0 Å². The highest BCUT2D eigenvalue weighted by atomic mass is 35.5. The number of fused-ring (bicyclic) bond motifs is 1. The third-order valence-corrected chi connectivity index (χ3v) is 2.90. The monoisotopic (exact) mass is 237 g/mol. The Morgan fingerprint density at radius 1 is 1.44 bits per heavy atom. The molecule has 0 radical (unpaired) electrons. The average molecular weight is 238 g/mol. The van der Waals surface area contributed by atoms with Crippen LogP contribution in [0.15, 0.2) is 18.2 Å². The van der Waals surface area contributed by atoms with E-state index in [1.165, 1.54) is 6.92 Å². The summed E-state index contributed by atoms with van der Waals surface area (Å²) in [6, 6.07) is 5.67. The van der Waals surface area contributed by atoms with Crippen molar-refractivity contribution in [3.05, 3.63) is 28.8 Å². The third kappa shape index (κ3) is 1.57. The lowest BCUT2D eigenvalue weighted by molar-refractivity contribution is -0.132. The third-order valence-electron chi connectivity index (χ3n) is 2.59. The summed E-state index contributed by atoms with van der Waals surface area (Å²) < 4.78 is 6.98. The molecule has 0 aliphatic heterocycles. The van der Waals surface area contributed by atoms with Crippen LogP contribution in [0.5, 0.6) is 5.88 Å². The van der Waals surface area contributed by atoms with E-state index in [1.807, 2.05) is 32.2 Å². The summed E-state index contributed by atoms with van der Waals surface area (Å²) in [5.74, 6) is 0.223. The van der Waals surface area contributed by atoms with Crippen LogP contribution in [0.2, 0.25) is 5.02 Å². The lowest BCUT2D eigenvalue weighted by atomic mass is 10.2. The topological polar surface area (TPSA) is 31.2 Å². The molecule has 1 aromatic carbocycles. The first-order valence-corrected chi connectivity index (χ1v) is 5.32. The normalized spacial score (nSPS) is 10.8. The van der Waals surface area contributed by atoms with Crippen LogP contribution in [0.4, 0.5) is 0 Å². The molecule has 1 aromatic heterocycles. The molecule has 0 aliphatic carbocycles. The minimum Gasteiger partial charge on any atom is -0.409 e. The van der Waals surface area contributed by atoms with Gasteiger partial charge in [-0.3, -0.25) is 4.79 Å². The molecule has 0 N–H and O–H groups in total. The van der Waals surface area contributed by atoms with E-state index in [-0.39, 0.29) is 5.97 Å². The zero-order chi connectivity index (χ0) is 11.9. The summed E-state index contributed by atoms with van der Waals surface area (Å²) in [6.07, 6.45) is 0. The largest absolute Gasteiger partial charge is 0.409 e. The molecule has 0 amide bonds. The van der Waals surface area contributed by atoms with Gasteiger partial charge in [-0.05, 0) is 13.0 Å². The molecule has 0 saturated heterocycles. The predicted octanol–water partition coefficient (Wildman–Crippen LogP) is 3.07. The quantitative estimate of drug-likeness (QED) is 0.714. The van der Waals surface area contributed by atoms with Crippen molar-refractivity contribution in [2.75, 3.05) is 0 Å². The number of aromatic nitrogens is 1. The van der Waals surface area contributed by atoms with Gasteiger partial charge in [-0.25, -0.2) is 0 Å². The van der Waals surface area contributed by atoms with Crippen LogP contribution in [-0.4, -0.2) is 10.5 Å². The molecule has 3 nitrogen and oxygen atoms in total. The van der Waals surface area contributed by atoms with E-state index in [1.54, 1.807) is 4.57 Å². The van der Waals surface area contributed by atoms with Crippen molar-refractivity contribution in [2.24, 2.45) is 7.05 Å². The van der Waals surface area contributed by atoms with Crippen molar-refractivity contribution in [2.45, 2.75) is 13.8 Å². The molecule has 84 valence electrons. The number of carbonyl (C=O) groups is 1. The van der Waals surface area contributed by atoms with E-state index in [9.17, 15) is 4.79 Å². The molecule has 4 heteroatoms. The number of halogens is 1. The first-order chi connectivity index (χ1) is 7.52. The Bertz CT molecular complexity index is 572. The number of esters is 1. The van der Waals surface area contributed by atoms with Gasteiger partial charge in [0, 0.05) is 24.9 Å². The highest BCUT2D eigenvalue weighted by Crippen LogP contribution is 2.34. The number of hydrogen-bond acceptors (Lipinski definition) is 2. The maximum Gasteiger partial charge on any atom is 0.309 e. The number of aryl methyl sites for hydroxylation is 2. The molecule has 0 saturated carbocycles. The highest BCUT2D eigenvalue weighted by Gasteiger charge is 2.16. The molecule has 16 heavy (non-hydrogen) atoms. The minimum atomic E-state index is -0.329. The van der Waals surface area contributed by atoms with Crippen LogP contribution in [0.25, 0.3) is 10.9 Å². The summed E-state index contributed by atoms with van der Waals surface area (Å²) in [7, 11) is 1.83. The fourth-order valence-electron chi connectivity index (χ4n) is 1.91. The van der Waals surface area contributed by atoms with Crippen molar-refractivity contribution in [3.8, 4) is 5.88 Å². The van der Waals surface area contributed by atoms with Crippen LogP contribution in [0.3, 0.4) is 0 Å². The van der Waals surface area contributed by atoms with Crippen LogP contribution in [-0.2, 0) is 11.8 Å². The van der Waals surface area contributed by atoms with Gasteiger partial charge < -0.3 is 9.30 Å². The predicted molar refractivity (Wildman–Crippen MR) is 64.0 cm³/mol. The van der Waals surface area contributed by atoms with Crippen molar-refractivity contribution in [1.29, 1.82) is 0 Å². The number of rotatable bonds is 1. The van der Waals surface area contributed by atoms with Gasteiger partial charge in [-0.2, -0.15) is 0 Å². The first-order valence-electron chi connectivity index (χ1n) is 4.94. The Kier molecular flexibility index (Phi) is 2.64. The lowest BCUT2D eigenvalue weighted by Crippen LogP contribution is -2.06. The lowest BCUT2D eigenvalue weighted by Gasteiger charge is -2.04. The fourth-order valence-corrected chi connectivity index (χ4v) is 2.21. The molecule has 0 aliphatic rings. The van der Waals surface area contributed by atoms with Crippen molar-refractivity contribution >= 4 is 28.5 Å². The van der Waals surface area contributed by atoms with Crippen LogP contribution in [0, 0.1) is 6.92 Å². The van der Waals surface area contributed by atoms with Gasteiger partial charge in [0.25, 0.3) is 0 Å². The molecule has 0 bridgehead atoms. The number of carbonyl (C=O) groups excluding carboxylic acids is 1. The second-order valence-electron chi connectivity index (χ2n) is 3.72. The number of ether oxygens (including phenoxy) is 1. The van der Waals surface area contributed by atoms with Crippen molar-refractivity contribution < 1.29 is 9.53 Å². The summed E-state index contributed by atoms with van der Waals surface area (Å²) in [5, 5.41) is 1.66. The Balaban J connectivity index is 2.77. The summed E-state index contributed by atoms with van der Waals surface area (Å²) in [6.45, 7) is 3.30. The van der Waals surface area contributed by atoms with Crippen molar-refractivity contribution in [3.63, 3.8) is 0 Å². The molecular weight excluding hydrogens is 226 g/mol. The van der Waals surface area contributed by atoms with Gasteiger partial charge in [0.1, 0.15) is 0 Å². The standard InChI is InChI=1S/C12H12ClNO2/c1-7-9-5-4-6-10(13)11(9)14(3)12(7)16-8(2)15/h4-6H,1-3H3. The second kappa shape index (κ2) is 3.83. The maximum absolute atomic E-state index is 11.0. The van der Waals surface area contributed by atoms with E-state index in [0.717, 1.165) is 16.5 Å². The SMILES string of the molecule is CC(=O)Oc1c(C)c2cccc(Cl)c2n1C. The molecule has 1 heterocycles. The van der Waals surface area contributed by atoms with E-state index in [2.05, 4.69) is 0 Å². The van der Waals surface area contributed by atoms with E-state index >= 15 is 0 Å². The number of para-hydroxylation sites is 1. The Labute approximate surface area is 98.6 Å². The zero-order valence-electron chi connectivity index (χ0n) is 9.37. The van der Waals surface area contributed by atoms with Crippen LogP contribution < -0.4 is 4.74 Å². The summed E-state index contributed by atoms with van der Waals surface area (Å²) in [4.78, 5) is 11.0. The molecule has 0 spiro atoms. The fraction of sp³-hybridized carbons (Fsp3) is 0.250. The molecular formula is C12H12ClNO2. The molecule has 2 aromatic rings. The van der Waals surface area contributed by atoms with Crippen LogP contribution >= 0.6 is 11.6 Å². The molecule has 0 fully saturated rings. The number of hydrogen-bond donors (Lipinski definition) is 0. The smallest absolute Gasteiger partial charge is 0.309 e. The average Bonchev–Trinajstić information content (AvgIpc) is 2.44. The summed E-state index contributed by atoms with van der Waals surface area (Å²) in [5.41, 5.74) is 1.81. The van der Waals surface area contributed by atoms with Gasteiger partial charge >= 0.3 is 5.97 Å². The molecule has 0 unspecified atom stereocenters. The maximum atomic E-state index is 11.0.